The number of anilines is 2. The fourth-order valence-electron chi connectivity index (χ4n) is 2.08. The molecule has 0 aliphatic carbocycles. The van der Waals surface area contributed by atoms with E-state index in [0.717, 1.165) is 32.7 Å². The molecule has 1 aliphatic rings. The van der Waals surface area contributed by atoms with Crippen molar-refractivity contribution >= 4 is 11.4 Å². The fourth-order valence-corrected chi connectivity index (χ4v) is 2.08. The van der Waals surface area contributed by atoms with Crippen LogP contribution in [-0.4, -0.2) is 44.7 Å². The molecule has 1 fully saturated rings. The SMILES string of the molecule is CCNc1cccc(N2CCN(C)CC2)c1. The molecule has 1 aromatic carbocycles. The van der Waals surface area contributed by atoms with Crippen LogP contribution in [-0.2, 0) is 0 Å². The highest BCUT2D eigenvalue weighted by Crippen LogP contribution is 2.20. The van der Waals surface area contributed by atoms with Crippen LogP contribution < -0.4 is 10.2 Å². The first-order valence-electron chi connectivity index (χ1n) is 6.07. The topological polar surface area (TPSA) is 18.5 Å². The van der Waals surface area contributed by atoms with E-state index in [2.05, 4.69) is 53.4 Å². The highest BCUT2D eigenvalue weighted by molar-refractivity contribution is 5.58. The van der Waals surface area contributed by atoms with Crippen LogP contribution in [0.5, 0.6) is 0 Å². The molecule has 0 spiro atoms. The molecular weight excluding hydrogens is 198 g/mol. The van der Waals surface area contributed by atoms with Crippen molar-refractivity contribution in [1.82, 2.24) is 4.90 Å². The van der Waals surface area contributed by atoms with Crippen molar-refractivity contribution in [2.75, 3.05) is 50.0 Å². The lowest BCUT2D eigenvalue weighted by Crippen LogP contribution is -2.44. The van der Waals surface area contributed by atoms with Crippen LogP contribution >= 0.6 is 0 Å². The zero-order valence-electron chi connectivity index (χ0n) is 10.2. The van der Waals surface area contributed by atoms with Gasteiger partial charge in [0.2, 0.25) is 0 Å². The number of piperazine rings is 1. The van der Waals surface area contributed by atoms with E-state index in [1.807, 2.05) is 0 Å². The maximum atomic E-state index is 3.36. The van der Waals surface area contributed by atoms with E-state index in [1.165, 1.54) is 11.4 Å². The summed E-state index contributed by atoms with van der Waals surface area (Å²) in [4.78, 5) is 4.84. The van der Waals surface area contributed by atoms with E-state index in [9.17, 15) is 0 Å². The van der Waals surface area contributed by atoms with Gasteiger partial charge < -0.3 is 15.1 Å². The number of likely N-dealkylation sites (N-methyl/N-ethyl adjacent to an activating group) is 1. The first kappa shape index (κ1) is 11.3. The molecule has 1 N–H and O–H groups in total. The first-order chi connectivity index (χ1) is 7.79. The summed E-state index contributed by atoms with van der Waals surface area (Å²) in [6.07, 6.45) is 0. The fraction of sp³-hybridized carbons (Fsp3) is 0.538. The van der Waals surface area contributed by atoms with Gasteiger partial charge >= 0.3 is 0 Å². The lowest BCUT2D eigenvalue weighted by molar-refractivity contribution is 0.313. The van der Waals surface area contributed by atoms with Gasteiger partial charge in [-0.25, -0.2) is 0 Å². The minimum Gasteiger partial charge on any atom is -0.385 e. The van der Waals surface area contributed by atoms with Gasteiger partial charge in [0.1, 0.15) is 0 Å². The molecule has 0 atom stereocenters. The van der Waals surface area contributed by atoms with E-state index >= 15 is 0 Å². The summed E-state index contributed by atoms with van der Waals surface area (Å²) in [5.41, 5.74) is 2.56. The van der Waals surface area contributed by atoms with E-state index in [1.54, 1.807) is 0 Å². The minimum absolute atomic E-state index is 0.978. The van der Waals surface area contributed by atoms with Crippen LogP contribution in [0.25, 0.3) is 0 Å². The molecule has 0 bridgehead atoms. The summed E-state index contributed by atoms with van der Waals surface area (Å²) < 4.78 is 0. The Morgan fingerprint density at radius 2 is 1.94 bits per heavy atom. The number of nitrogens with zero attached hydrogens (tertiary/aromatic N) is 2. The molecule has 3 nitrogen and oxygen atoms in total. The molecule has 0 amide bonds. The predicted octanol–water partition coefficient (Wildman–Crippen LogP) is 1.87. The molecule has 3 heteroatoms. The molecule has 88 valence electrons. The smallest absolute Gasteiger partial charge is 0.0387 e. The van der Waals surface area contributed by atoms with Gasteiger partial charge in [-0.2, -0.15) is 0 Å². The van der Waals surface area contributed by atoms with E-state index in [-0.39, 0.29) is 0 Å². The third-order valence-electron chi connectivity index (χ3n) is 3.10. The average Bonchev–Trinajstić information content (AvgIpc) is 2.31. The van der Waals surface area contributed by atoms with Gasteiger partial charge in [-0.05, 0) is 32.2 Å². The predicted molar refractivity (Wildman–Crippen MR) is 70.3 cm³/mol. The number of hydrogen-bond donors (Lipinski definition) is 1. The molecule has 0 saturated carbocycles. The van der Waals surface area contributed by atoms with Crippen LogP contribution in [0.3, 0.4) is 0 Å². The number of nitrogens with one attached hydrogen (secondary N) is 1. The second kappa shape index (κ2) is 5.21. The lowest BCUT2D eigenvalue weighted by atomic mass is 10.2. The summed E-state index contributed by atoms with van der Waals surface area (Å²) >= 11 is 0. The number of hydrogen-bond acceptors (Lipinski definition) is 3. The Balaban J connectivity index is 2.05. The maximum Gasteiger partial charge on any atom is 0.0387 e. The van der Waals surface area contributed by atoms with Crippen LogP contribution in [0.1, 0.15) is 6.92 Å². The van der Waals surface area contributed by atoms with Gasteiger partial charge in [0.15, 0.2) is 0 Å². The average molecular weight is 219 g/mol. The standard InChI is InChI=1S/C13H21N3/c1-3-14-12-5-4-6-13(11-12)16-9-7-15(2)8-10-16/h4-6,11,14H,3,7-10H2,1-2H3. The third-order valence-corrected chi connectivity index (χ3v) is 3.10. The zero-order chi connectivity index (χ0) is 11.4. The summed E-state index contributed by atoms with van der Waals surface area (Å²) in [5.74, 6) is 0. The van der Waals surface area contributed by atoms with Gasteiger partial charge in [0, 0.05) is 44.1 Å². The van der Waals surface area contributed by atoms with Gasteiger partial charge in [-0.1, -0.05) is 6.07 Å². The molecule has 0 aromatic heterocycles. The Labute approximate surface area is 98.0 Å². The molecule has 16 heavy (non-hydrogen) atoms. The van der Waals surface area contributed by atoms with Crippen molar-refractivity contribution < 1.29 is 0 Å². The second-order valence-corrected chi connectivity index (χ2v) is 4.37. The van der Waals surface area contributed by atoms with Gasteiger partial charge in [-0.15, -0.1) is 0 Å². The van der Waals surface area contributed by atoms with Crippen LogP contribution in [0.4, 0.5) is 11.4 Å². The molecule has 1 aromatic rings. The van der Waals surface area contributed by atoms with Gasteiger partial charge in [0.25, 0.3) is 0 Å². The Kier molecular flexibility index (Phi) is 3.67. The third kappa shape index (κ3) is 2.67. The van der Waals surface area contributed by atoms with Gasteiger partial charge in [0.05, 0.1) is 0 Å². The molecule has 1 saturated heterocycles. The Hall–Kier alpha value is -1.22. The van der Waals surface area contributed by atoms with E-state index in [4.69, 9.17) is 0 Å². The Bertz CT molecular complexity index is 330. The molecule has 0 unspecified atom stereocenters. The molecule has 1 heterocycles. The molecule has 1 aliphatic heterocycles. The van der Waals surface area contributed by atoms with Crippen molar-refractivity contribution in [2.24, 2.45) is 0 Å². The van der Waals surface area contributed by atoms with Gasteiger partial charge in [-0.3, -0.25) is 0 Å². The number of rotatable bonds is 3. The van der Waals surface area contributed by atoms with Crippen molar-refractivity contribution in [2.45, 2.75) is 6.92 Å². The Morgan fingerprint density at radius 1 is 1.19 bits per heavy atom. The van der Waals surface area contributed by atoms with Crippen LogP contribution in [0, 0.1) is 0 Å². The summed E-state index contributed by atoms with van der Waals surface area (Å²) in [7, 11) is 2.19. The van der Waals surface area contributed by atoms with E-state index < -0.39 is 0 Å². The summed E-state index contributed by atoms with van der Waals surface area (Å²) in [5, 5.41) is 3.36. The van der Waals surface area contributed by atoms with Crippen molar-refractivity contribution in [3.8, 4) is 0 Å². The summed E-state index contributed by atoms with van der Waals surface area (Å²) in [6.45, 7) is 7.68. The zero-order valence-corrected chi connectivity index (χ0v) is 10.2. The quantitative estimate of drug-likeness (QED) is 0.837. The normalized spacial score (nSPS) is 17.5. The highest BCUT2D eigenvalue weighted by atomic mass is 15.2. The van der Waals surface area contributed by atoms with Crippen LogP contribution in [0.15, 0.2) is 24.3 Å². The Morgan fingerprint density at radius 3 is 2.62 bits per heavy atom. The highest BCUT2D eigenvalue weighted by Gasteiger charge is 2.13. The molecule has 0 radical (unpaired) electrons. The monoisotopic (exact) mass is 219 g/mol. The number of benzene rings is 1. The van der Waals surface area contributed by atoms with Crippen molar-refractivity contribution in [3.63, 3.8) is 0 Å². The largest absolute Gasteiger partial charge is 0.385 e. The summed E-state index contributed by atoms with van der Waals surface area (Å²) in [6, 6.07) is 8.70. The van der Waals surface area contributed by atoms with Crippen molar-refractivity contribution in [3.05, 3.63) is 24.3 Å². The minimum atomic E-state index is 0.978. The van der Waals surface area contributed by atoms with Crippen LogP contribution in [0.2, 0.25) is 0 Å². The maximum absolute atomic E-state index is 3.36. The first-order valence-corrected chi connectivity index (χ1v) is 6.07. The molecular formula is C13H21N3. The second-order valence-electron chi connectivity index (χ2n) is 4.37. The van der Waals surface area contributed by atoms with E-state index in [0.29, 0.717) is 0 Å². The molecule has 2 rings (SSSR count). The lowest BCUT2D eigenvalue weighted by Gasteiger charge is -2.34. The van der Waals surface area contributed by atoms with Crippen molar-refractivity contribution in [1.29, 1.82) is 0 Å².